The quantitative estimate of drug-likeness (QED) is 0.594. The first-order valence-corrected chi connectivity index (χ1v) is 5.90. The van der Waals surface area contributed by atoms with E-state index in [1.807, 2.05) is 0 Å². The van der Waals surface area contributed by atoms with Crippen LogP contribution in [0.15, 0.2) is 0 Å². The monoisotopic (exact) mass is 166 g/mol. The lowest BCUT2D eigenvalue weighted by Crippen LogP contribution is -2.19. The van der Waals surface area contributed by atoms with Gasteiger partial charge in [0, 0.05) is 0 Å². The van der Waals surface area contributed by atoms with Gasteiger partial charge in [-0.3, -0.25) is 0 Å². The van der Waals surface area contributed by atoms with Crippen LogP contribution in [0.2, 0.25) is 0 Å². The maximum absolute atomic E-state index is 2.33. The molecule has 0 aromatic heterocycles. The van der Waals surface area contributed by atoms with Crippen molar-refractivity contribution in [2.24, 2.45) is 17.8 Å². The van der Waals surface area contributed by atoms with Crippen LogP contribution < -0.4 is 0 Å². The van der Waals surface area contributed by atoms with Gasteiger partial charge in [0.1, 0.15) is 0 Å². The Morgan fingerprint density at radius 3 is 2.42 bits per heavy atom. The van der Waals surface area contributed by atoms with Crippen molar-refractivity contribution < 1.29 is 0 Å². The van der Waals surface area contributed by atoms with Gasteiger partial charge in [-0.1, -0.05) is 45.4 Å². The fourth-order valence-corrected chi connectivity index (χ4v) is 3.12. The van der Waals surface area contributed by atoms with Crippen LogP contribution in [0.25, 0.3) is 0 Å². The summed E-state index contributed by atoms with van der Waals surface area (Å²) in [7, 11) is 0. The summed E-state index contributed by atoms with van der Waals surface area (Å²) in [4.78, 5) is 0. The Kier molecular flexibility index (Phi) is 2.73. The third-order valence-electron chi connectivity index (χ3n) is 4.10. The van der Waals surface area contributed by atoms with Crippen LogP contribution in [0.5, 0.6) is 0 Å². The molecule has 0 heteroatoms. The summed E-state index contributed by atoms with van der Waals surface area (Å²) in [6.07, 6.45) is 12.3. The van der Waals surface area contributed by atoms with Crippen molar-refractivity contribution in [1.82, 2.24) is 0 Å². The van der Waals surface area contributed by atoms with Gasteiger partial charge < -0.3 is 0 Å². The van der Waals surface area contributed by atoms with E-state index in [0.717, 1.165) is 17.8 Å². The molecule has 2 aliphatic carbocycles. The molecular formula is C12H22. The largest absolute Gasteiger partial charge is 0.0654 e. The van der Waals surface area contributed by atoms with Crippen LogP contribution in [0.1, 0.15) is 58.3 Å². The molecule has 2 aliphatic rings. The topological polar surface area (TPSA) is 0 Å². The van der Waals surface area contributed by atoms with Crippen molar-refractivity contribution in [3.8, 4) is 0 Å². The SMILES string of the molecule is CCCC1CCC(C2CCC2)C1. The zero-order valence-electron chi connectivity index (χ0n) is 8.39. The fraction of sp³-hybridized carbons (Fsp3) is 1.00. The standard InChI is InChI=1S/C12H22/c1-2-4-10-7-8-12(9-10)11-5-3-6-11/h10-12H,2-9H2,1H3. The van der Waals surface area contributed by atoms with Crippen molar-refractivity contribution in [1.29, 1.82) is 0 Å². The first-order chi connectivity index (χ1) is 5.90. The van der Waals surface area contributed by atoms with Gasteiger partial charge in [-0.05, 0) is 30.6 Å². The highest BCUT2D eigenvalue weighted by atomic mass is 14.4. The second kappa shape index (κ2) is 3.81. The summed E-state index contributed by atoms with van der Waals surface area (Å²) in [5.41, 5.74) is 0. The molecule has 0 heterocycles. The van der Waals surface area contributed by atoms with E-state index in [0.29, 0.717) is 0 Å². The van der Waals surface area contributed by atoms with Gasteiger partial charge in [0.05, 0.1) is 0 Å². The van der Waals surface area contributed by atoms with E-state index in [1.54, 1.807) is 32.1 Å². The molecule has 0 saturated heterocycles. The van der Waals surface area contributed by atoms with Crippen molar-refractivity contribution in [2.75, 3.05) is 0 Å². The van der Waals surface area contributed by atoms with Crippen LogP contribution >= 0.6 is 0 Å². The minimum atomic E-state index is 1.11. The Morgan fingerprint density at radius 2 is 1.83 bits per heavy atom. The van der Waals surface area contributed by atoms with Gasteiger partial charge in [-0.15, -0.1) is 0 Å². The summed E-state index contributed by atoms with van der Waals surface area (Å²) < 4.78 is 0. The van der Waals surface area contributed by atoms with Crippen LogP contribution in [-0.4, -0.2) is 0 Å². The van der Waals surface area contributed by atoms with E-state index in [2.05, 4.69) is 6.92 Å². The third-order valence-corrected chi connectivity index (χ3v) is 4.10. The van der Waals surface area contributed by atoms with Gasteiger partial charge in [-0.2, -0.15) is 0 Å². The molecule has 2 saturated carbocycles. The van der Waals surface area contributed by atoms with E-state index in [-0.39, 0.29) is 0 Å². The predicted molar refractivity (Wildman–Crippen MR) is 53.1 cm³/mol. The summed E-state index contributed by atoms with van der Waals surface area (Å²) in [5, 5.41) is 0. The molecule has 0 nitrogen and oxygen atoms in total. The van der Waals surface area contributed by atoms with Gasteiger partial charge in [0.25, 0.3) is 0 Å². The van der Waals surface area contributed by atoms with E-state index < -0.39 is 0 Å². The minimum absolute atomic E-state index is 1.11. The van der Waals surface area contributed by atoms with Gasteiger partial charge in [0.2, 0.25) is 0 Å². The molecule has 12 heavy (non-hydrogen) atoms. The maximum atomic E-state index is 2.33. The second-order valence-corrected chi connectivity index (χ2v) is 4.92. The lowest BCUT2D eigenvalue weighted by atomic mass is 9.75. The third kappa shape index (κ3) is 1.67. The molecule has 70 valence electrons. The molecular weight excluding hydrogens is 144 g/mol. The Labute approximate surface area is 76.7 Å². The van der Waals surface area contributed by atoms with E-state index in [4.69, 9.17) is 0 Å². The van der Waals surface area contributed by atoms with Gasteiger partial charge in [0.15, 0.2) is 0 Å². The molecule has 0 aromatic rings. The van der Waals surface area contributed by atoms with Crippen LogP contribution in [0.4, 0.5) is 0 Å². The molecule has 0 radical (unpaired) electrons. The van der Waals surface area contributed by atoms with Crippen LogP contribution in [-0.2, 0) is 0 Å². The highest BCUT2D eigenvalue weighted by Crippen LogP contribution is 2.45. The van der Waals surface area contributed by atoms with Crippen LogP contribution in [0, 0.1) is 17.8 Å². The maximum Gasteiger partial charge on any atom is -0.0383 e. The van der Waals surface area contributed by atoms with Crippen molar-refractivity contribution in [2.45, 2.75) is 58.3 Å². The van der Waals surface area contributed by atoms with E-state index in [1.165, 1.54) is 19.3 Å². The molecule has 0 N–H and O–H groups in total. The molecule has 2 unspecified atom stereocenters. The Bertz CT molecular complexity index is 135. The molecule has 2 rings (SSSR count). The molecule has 0 aromatic carbocycles. The first kappa shape index (κ1) is 8.59. The van der Waals surface area contributed by atoms with E-state index in [9.17, 15) is 0 Å². The van der Waals surface area contributed by atoms with Crippen molar-refractivity contribution >= 4 is 0 Å². The van der Waals surface area contributed by atoms with Gasteiger partial charge in [-0.25, -0.2) is 0 Å². The summed E-state index contributed by atoms with van der Waals surface area (Å²) in [6.45, 7) is 2.33. The summed E-state index contributed by atoms with van der Waals surface area (Å²) in [6, 6.07) is 0. The Balaban J connectivity index is 1.73. The van der Waals surface area contributed by atoms with Gasteiger partial charge >= 0.3 is 0 Å². The summed E-state index contributed by atoms with van der Waals surface area (Å²) in [5.74, 6) is 3.42. The average Bonchev–Trinajstić information content (AvgIpc) is 2.34. The normalized spacial score (nSPS) is 36.8. The fourth-order valence-electron chi connectivity index (χ4n) is 3.12. The minimum Gasteiger partial charge on any atom is -0.0654 e. The highest BCUT2D eigenvalue weighted by molar-refractivity contribution is 4.84. The molecule has 0 aliphatic heterocycles. The highest BCUT2D eigenvalue weighted by Gasteiger charge is 2.32. The zero-order valence-corrected chi connectivity index (χ0v) is 8.39. The molecule has 0 bridgehead atoms. The van der Waals surface area contributed by atoms with E-state index >= 15 is 0 Å². The lowest BCUT2D eigenvalue weighted by Gasteiger charge is -2.31. The average molecular weight is 166 g/mol. The summed E-state index contributed by atoms with van der Waals surface area (Å²) >= 11 is 0. The molecule has 0 spiro atoms. The second-order valence-electron chi connectivity index (χ2n) is 4.92. The Hall–Kier alpha value is 0. The zero-order chi connectivity index (χ0) is 8.39. The van der Waals surface area contributed by atoms with Crippen molar-refractivity contribution in [3.05, 3.63) is 0 Å². The number of hydrogen-bond donors (Lipinski definition) is 0. The number of rotatable bonds is 3. The van der Waals surface area contributed by atoms with Crippen LogP contribution in [0.3, 0.4) is 0 Å². The molecule has 2 fully saturated rings. The molecule has 2 atom stereocenters. The Morgan fingerprint density at radius 1 is 1.00 bits per heavy atom. The smallest absolute Gasteiger partial charge is 0.0383 e. The molecule has 0 amide bonds. The lowest BCUT2D eigenvalue weighted by molar-refractivity contribution is 0.204. The number of hydrogen-bond acceptors (Lipinski definition) is 0. The predicted octanol–water partition coefficient (Wildman–Crippen LogP) is 4.00. The van der Waals surface area contributed by atoms with Crippen molar-refractivity contribution in [3.63, 3.8) is 0 Å². The first-order valence-electron chi connectivity index (χ1n) is 5.90.